The molecular formula is C15H21N. The van der Waals surface area contributed by atoms with Gasteiger partial charge in [-0.3, -0.25) is 0 Å². The predicted molar refractivity (Wildman–Crippen MR) is 74.7 cm³/mol. The number of allylic oxidation sites excluding steroid dienone is 4. The van der Waals surface area contributed by atoms with Crippen LogP contribution in [0.5, 0.6) is 0 Å². The molecule has 0 aromatic carbocycles. The van der Waals surface area contributed by atoms with E-state index in [4.69, 9.17) is 5.41 Å². The first-order valence-corrected chi connectivity index (χ1v) is 5.15. The van der Waals surface area contributed by atoms with Gasteiger partial charge in [-0.1, -0.05) is 47.1 Å². The molecule has 0 saturated heterocycles. The third-order valence-corrected chi connectivity index (χ3v) is 2.40. The maximum absolute atomic E-state index is 7.69. The molecule has 0 aromatic rings. The number of rotatable bonds is 0. The summed E-state index contributed by atoms with van der Waals surface area (Å²) in [6, 6.07) is 0. The van der Waals surface area contributed by atoms with Gasteiger partial charge in [0.1, 0.15) is 0 Å². The topological polar surface area (TPSA) is 23.9 Å². The third kappa shape index (κ3) is 3.10. The molecule has 1 unspecified atom stereocenters. The molecule has 1 aliphatic rings. The van der Waals surface area contributed by atoms with Crippen molar-refractivity contribution in [1.82, 2.24) is 0 Å². The van der Waals surface area contributed by atoms with Crippen LogP contribution in [0.4, 0.5) is 0 Å². The number of hydrogen-bond acceptors (Lipinski definition) is 1. The first-order chi connectivity index (χ1) is 7.46. The molecule has 0 amide bonds. The van der Waals surface area contributed by atoms with Crippen molar-refractivity contribution in [1.29, 1.82) is 5.41 Å². The van der Waals surface area contributed by atoms with Crippen LogP contribution >= 0.6 is 0 Å². The lowest BCUT2D eigenvalue weighted by molar-refractivity contribution is 0.906. The second-order valence-electron chi connectivity index (χ2n) is 3.10. The van der Waals surface area contributed by atoms with Gasteiger partial charge in [-0.25, -0.2) is 0 Å². The summed E-state index contributed by atoms with van der Waals surface area (Å²) in [5.74, 6) is 0.0375. The summed E-state index contributed by atoms with van der Waals surface area (Å²) >= 11 is 0. The van der Waals surface area contributed by atoms with Gasteiger partial charge in [0, 0.05) is 11.6 Å². The molecule has 0 aliphatic heterocycles. The molecule has 0 spiro atoms. The van der Waals surface area contributed by atoms with Crippen LogP contribution in [-0.2, 0) is 0 Å². The Morgan fingerprint density at radius 2 is 1.31 bits per heavy atom. The van der Waals surface area contributed by atoms with Crippen LogP contribution in [0, 0.1) is 24.2 Å². The molecule has 1 aliphatic carbocycles. The molecule has 0 bridgehead atoms. The minimum Gasteiger partial charge on any atom is -0.304 e. The molecule has 1 saturated carbocycles. The predicted octanol–water partition coefficient (Wildman–Crippen LogP) is 4.16. The summed E-state index contributed by atoms with van der Waals surface area (Å²) < 4.78 is 0. The van der Waals surface area contributed by atoms with E-state index in [0.29, 0.717) is 11.3 Å². The summed E-state index contributed by atoms with van der Waals surface area (Å²) in [5.41, 5.74) is 3.68. The highest BCUT2D eigenvalue weighted by Crippen LogP contribution is 2.34. The van der Waals surface area contributed by atoms with Gasteiger partial charge in [0.05, 0.1) is 0 Å². The molecule has 0 heterocycles. The van der Waals surface area contributed by atoms with Crippen molar-refractivity contribution in [2.75, 3.05) is 0 Å². The Hall–Kier alpha value is -1.81. The van der Waals surface area contributed by atoms with Crippen molar-refractivity contribution < 1.29 is 0 Å². The summed E-state index contributed by atoms with van der Waals surface area (Å²) in [4.78, 5) is 0. The molecule has 86 valence electrons. The minimum absolute atomic E-state index is 0.0375. The second kappa shape index (κ2) is 7.48. The molecule has 0 aromatic heterocycles. The lowest BCUT2D eigenvalue weighted by Crippen LogP contribution is -2.22. The smallest absolute Gasteiger partial charge is 0.0458 e. The van der Waals surface area contributed by atoms with Gasteiger partial charge in [-0.2, -0.15) is 0 Å². The zero-order valence-electron chi connectivity index (χ0n) is 10.6. The Kier molecular flexibility index (Phi) is 7.76. The third-order valence-electron chi connectivity index (χ3n) is 2.40. The average Bonchev–Trinajstić information content (AvgIpc) is 2.36. The van der Waals surface area contributed by atoms with Gasteiger partial charge in [-0.05, 0) is 22.3 Å². The molecule has 1 fully saturated rings. The van der Waals surface area contributed by atoms with E-state index in [1.165, 1.54) is 0 Å². The van der Waals surface area contributed by atoms with Gasteiger partial charge in [0.15, 0.2) is 0 Å². The van der Waals surface area contributed by atoms with Crippen LogP contribution in [0.15, 0.2) is 48.6 Å². The van der Waals surface area contributed by atoms with E-state index in [1.807, 2.05) is 20.8 Å². The van der Waals surface area contributed by atoms with Gasteiger partial charge in [0.2, 0.25) is 0 Å². The van der Waals surface area contributed by atoms with Crippen LogP contribution in [0.3, 0.4) is 0 Å². The molecule has 1 nitrogen and oxygen atoms in total. The molecule has 1 atom stereocenters. The summed E-state index contributed by atoms with van der Waals surface area (Å²) in [6.45, 7) is 21.3. The van der Waals surface area contributed by atoms with Crippen LogP contribution in [0.1, 0.15) is 20.8 Å². The van der Waals surface area contributed by atoms with E-state index >= 15 is 0 Å². The summed E-state index contributed by atoms with van der Waals surface area (Å²) in [6.07, 6.45) is 8.00. The lowest BCUT2D eigenvalue weighted by atomic mass is 9.77. The van der Waals surface area contributed by atoms with E-state index in [-0.39, 0.29) is 5.92 Å². The van der Waals surface area contributed by atoms with E-state index in [1.54, 1.807) is 0 Å². The lowest BCUT2D eigenvalue weighted by Gasteiger charge is -2.27. The monoisotopic (exact) mass is 215 g/mol. The van der Waals surface area contributed by atoms with Crippen molar-refractivity contribution in [2.45, 2.75) is 20.8 Å². The minimum atomic E-state index is 0.0375. The molecule has 1 rings (SSSR count). The SMILES string of the molecule is C#C.C=C1C(=C)C(=C)C(C)C(=N)C1=C.CC. The Bertz CT molecular complexity index is 323. The standard InChI is InChI=1S/C11H13N.C2H6.C2H2/c1-6-7(2)9(4)11(12)10(5)8(6)3;2*1-2/h10,12H,1-4H2,5H3;1-2H3;1-2H. The normalized spacial score (nSPS) is 19.3. The fourth-order valence-corrected chi connectivity index (χ4v) is 1.24. The molecule has 1 heteroatoms. The second-order valence-corrected chi connectivity index (χ2v) is 3.10. The Balaban J connectivity index is 0. The van der Waals surface area contributed by atoms with Crippen LogP contribution in [-0.4, -0.2) is 5.71 Å². The van der Waals surface area contributed by atoms with E-state index in [2.05, 4.69) is 39.2 Å². The van der Waals surface area contributed by atoms with Gasteiger partial charge in [0.25, 0.3) is 0 Å². The first-order valence-electron chi connectivity index (χ1n) is 5.15. The molecular weight excluding hydrogens is 194 g/mol. The largest absolute Gasteiger partial charge is 0.304 e. The molecule has 0 radical (unpaired) electrons. The van der Waals surface area contributed by atoms with Crippen molar-refractivity contribution in [3.63, 3.8) is 0 Å². The van der Waals surface area contributed by atoms with Crippen molar-refractivity contribution in [3.8, 4) is 12.8 Å². The molecule has 16 heavy (non-hydrogen) atoms. The first kappa shape index (κ1) is 16.6. The van der Waals surface area contributed by atoms with Crippen molar-refractivity contribution in [2.24, 2.45) is 5.92 Å². The van der Waals surface area contributed by atoms with Gasteiger partial charge >= 0.3 is 0 Å². The van der Waals surface area contributed by atoms with E-state index < -0.39 is 0 Å². The van der Waals surface area contributed by atoms with Crippen LogP contribution in [0.25, 0.3) is 0 Å². The highest BCUT2D eigenvalue weighted by Gasteiger charge is 2.26. The fourth-order valence-electron chi connectivity index (χ4n) is 1.24. The number of hydrogen-bond donors (Lipinski definition) is 1. The zero-order chi connectivity index (χ0) is 13.5. The quantitative estimate of drug-likeness (QED) is 0.587. The highest BCUT2D eigenvalue weighted by molar-refractivity contribution is 6.08. The Labute approximate surface area is 99.8 Å². The van der Waals surface area contributed by atoms with Crippen LogP contribution < -0.4 is 0 Å². The Morgan fingerprint density at radius 3 is 1.69 bits per heavy atom. The number of terminal acetylenes is 1. The maximum Gasteiger partial charge on any atom is 0.0458 e. The number of nitrogens with one attached hydrogen (secondary N) is 1. The Morgan fingerprint density at radius 1 is 0.938 bits per heavy atom. The van der Waals surface area contributed by atoms with Gasteiger partial charge < -0.3 is 5.41 Å². The highest BCUT2D eigenvalue weighted by atomic mass is 14.5. The summed E-state index contributed by atoms with van der Waals surface area (Å²) in [7, 11) is 0. The van der Waals surface area contributed by atoms with Crippen molar-refractivity contribution in [3.05, 3.63) is 48.6 Å². The van der Waals surface area contributed by atoms with E-state index in [0.717, 1.165) is 16.7 Å². The van der Waals surface area contributed by atoms with Crippen LogP contribution in [0.2, 0.25) is 0 Å². The molecule has 1 N–H and O–H groups in total. The summed E-state index contributed by atoms with van der Waals surface area (Å²) in [5, 5.41) is 7.69. The van der Waals surface area contributed by atoms with E-state index in [9.17, 15) is 0 Å². The fraction of sp³-hybridized carbons (Fsp3) is 0.267. The average molecular weight is 215 g/mol. The van der Waals surface area contributed by atoms with Crippen molar-refractivity contribution >= 4 is 5.71 Å². The maximum atomic E-state index is 7.69. The zero-order valence-corrected chi connectivity index (χ0v) is 10.6. The van der Waals surface area contributed by atoms with Gasteiger partial charge in [-0.15, -0.1) is 12.8 Å².